The molecule has 5 aromatic rings. The Bertz CT molecular complexity index is 1900. The minimum atomic E-state index is -4.10. The number of nitrogens with two attached hydrogens (primary N) is 1. The lowest BCUT2D eigenvalue weighted by molar-refractivity contribution is 0.0980. The predicted octanol–water partition coefficient (Wildman–Crippen LogP) is 5.36. The summed E-state index contributed by atoms with van der Waals surface area (Å²) in [7, 11) is -4.10. The van der Waals surface area contributed by atoms with Crippen LogP contribution < -0.4 is 15.2 Å². The molecule has 0 radical (unpaired) electrons. The van der Waals surface area contributed by atoms with E-state index in [1.807, 2.05) is 68.4 Å². The second-order valence-electron chi connectivity index (χ2n) is 10.6. The number of hydrogen-bond donors (Lipinski definition) is 2. The summed E-state index contributed by atoms with van der Waals surface area (Å²) in [5.41, 5.74) is 10.4. The van der Waals surface area contributed by atoms with E-state index in [1.165, 1.54) is 4.31 Å². The van der Waals surface area contributed by atoms with Gasteiger partial charge in [-0.05, 0) is 60.5 Å². The summed E-state index contributed by atoms with van der Waals surface area (Å²) in [5, 5.41) is 1.60. The monoisotopic (exact) mass is 600 g/mol. The number of nitrogens with zero attached hydrogens (tertiary/aromatic N) is 2. The van der Waals surface area contributed by atoms with Crippen molar-refractivity contribution < 1.29 is 17.9 Å². The summed E-state index contributed by atoms with van der Waals surface area (Å²) in [4.78, 5) is 19.8. The van der Waals surface area contributed by atoms with Gasteiger partial charge in [-0.25, -0.2) is 9.71 Å². The number of rotatable bonds is 8. The van der Waals surface area contributed by atoms with E-state index in [-0.39, 0.29) is 24.7 Å². The summed E-state index contributed by atoms with van der Waals surface area (Å²) >= 11 is 1.60. The zero-order valence-electron chi connectivity index (χ0n) is 23.5. The Hall–Kier alpha value is -3.83. The van der Waals surface area contributed by atoms with Crippen LogP contribution in [0.3, 0.4) is 0 Å². The third kappa shape index (κ3) is 5.50. The number of aromatic nitrogens is 1. The Morgan fingerprint density at radius 1 is 1.10 bits per heavy atom. The van der Waals surface area contributed by atoms with Crippen LogP contribution in [0, 0.1) is 13.8 Å². The molecule has 0 bridgehead atoms. The lowest BCUT2D eigenvalue weighted by Crippen LogP contribution is -2.43. The van der Waals surface area contributed by atoms with Crippen LogP contribution in [-0.4, -0.2) is 49.4 Å². The van der Waals surface area contributed by atoms with Crippen molar-refractivity contribution in [2.75, 3.05) is 19.7 Å². The number of hydrogen-bond acceptors (Lipinski definition) is 7. The highest BCUT2D eigenvalue weighted by molar-refractivity contribution is 7.87. The van der Waals surface area contributed by atoms with E-state index in [4.69, 9.17) is 15.5 Å². The van der Waals surface area contributed by atoms with Gasteiger partial charge < -0.3 is 10.5 Å². The van der Waals surface area contributed by atoms with Gasteiger partial charge in [0.05, 0.1) is 33.6 Å². The van der Waals surface area contributed by atoms with Gasteiger partial charge in [-0.1, -0.05) is 54.6 Å². The van der Waals surface area contributed by atoms with E-state index in [2.05, 4.69) is 16.9 Å². The van der Waals surface area contributed by atoms with Crippen LogP contribution in [0.2, 0.25) is 0 Å². The van der Waals surface area contributed by atoms with Crippen LogP contribution in [0.25, 0.3) is 31.6 Å². The molecule has 0 unspecified atom stereocenters. The van der Waals surface area contributed by atoms with Crippen molar-refractivity contribution in [3.8, 4) is 16.3 Å². The van der Waals surface area contributed by atoms with Crippen molar-refractivity contribution in [3.63, 3.8) is 0 Å². The van der Waals surface area contributed by atoms with E-state index in [1.54, 1.807) is 17.4 Å². The maximum atomic E-state index is 13.9. The molecule has 3 N–H and O–H groups in total. The minimum absolute atomic E-state index is 0.166. The Morgan fingerprint density at radius 2 is 1.86 bits per heavy atom. The number of carbonyl (C=O) groups excluding carboxylic acids is 1. The van der Waals surface area contributed by atoms with Crippen LogP contribution in [0.5, 0.6) is 5.75 Å². The molecule has 1 aliphatic heterocycles. The molecular formula is C32H32N4O4S2. The fourth-order valence-electron chi connectivity index (χ4n) is 5.41. The first-order chi connectivity index (χ1) is 20.2. The average molecular weight is 601 g/mol. The van der Waals surface area contributed by atoms with Gasteiger partial charge >= 0.3 is 10.2 Å². The molecule has 0 aliphatic carbocycles. The number of thiophene rings is 1. The number of ether oxygens (including phenoxy) is 1. The first-order valence-electron chi connectivity index (χ1n) is 13.9. The molecule has 1 saturated heterocycles. The molecule has 1 atom stereocenters. The Labute approximate surface area is 249 Å². The third-order valence-corrected chi connectivity index (χ3v) is 10.4. The summed E-state index contributed by atoms with van der Waals surface area (Å²) in [6, 6.07) is 23.3. The van der Waals surface area contributed by atoms with E-state index < -0.39 is 16.1 Å². The van der Waals surface area contributed by atoms with Crippen LogP contribution in [0.1, 0.15) is 33.5 Å². The molecular weight excluding hydrogens is 569 g/mol. The van der Waals surface area contributed by atoms with Crippen LogP contribution in [0.4, 0.5) is 0 Å². The number of carbonyl (C=O) groups is 1. The highest BCUT2D eigenvalue weighted by atomic mass is 32.2. The zero-order chi connectivity index (χ0) is 29.4. The number of benzene rings is 3. The lowest BCUT2D eigenvalue weighted by atomic mass is 10.0. The molecule has 216 valence electrons. The fourth-order valence-corrected chi connectivity index (χ4v) is 7.79. The first-order valence-corrected chi connectivity index (χ1v) is 16.1. The van der Waals surface area contributed by atoms with Gasteiger partial charge in [0.1, 0.15) is 5.75 Å². The van der Waals surface area contributed by atoms with E-state index in [0.29, 0.717) is 41.8 Å². The number of aryl methyl sites for hydroxylation is 2. The molecule has 2 aromatic heterocycles. The third-order valence-electron chi connectivity index (χ3n) is 7.69. The molecule has 0 saturated carbocycles. The number of nitrogens with one attached hydrogen (secondary N) is 1. The molecule has 0 spiro atoms. The predicted molar refractivity (Wildman–Crippen MR) is 168 cm³/mol. The molecule has 8 nitrogen and oxygen atoms in total. The molecule has 1 aliphatic rings. The smallest absolute Gasteiger partial charge is 0.304 e. The zero-order valence-corrected chi connectivity index (χ0v) is 25.1. The molecule has 3 aromatic carbocycles. The Kier molecular flexibility index (Phi) is 7.71. The maximum absolute atomic E-state index is 13.9. The maximum Gasteiger partial charge on any atom is 0.304 e. The molecule has 1 amide bonds. The second-order valence-corrected chi connectivity index (χ2v) is 13.4. The van der Waals surface area contributed by atoms with Crippen LogP contribution >= 0.6 is 11.3 Å². The van der Waals surface area contributed by atoms with E-state index in [9.17, 15) is 13.2 Å². The van der Waals surface area contributed by atoms with Gasteiger partial charge in [0.25, 0.3) is 5.91 Å². The highest BCUT2D eigenvalue weighted by Crippen LogP contribution is 2.40. The van der Waals surface area contributed by atoms with Crippen molar-refractivity contribution in [1.82, 2.24) is 14.0 Å². The second kappa shape index (κ2) is 11.4. The van der Waals surface area contributed by atoms with Gasteiger partial charge in [0.2, 0.25) is 0 Å². The summed E-state index contributed by atoms with van der Waals surface area (Å²) < 4.78 is 37.3. The van der Waals surface area contributed by atoms with Gasteiger partial charge in [-0.3, -0.25) is 4.79 Å². The van der Waals surface area contributed by atoms with Crippen molar-refractivity contribution in [1.29, 1.82) is 0 Å². The van der Waals surface area contributed by atoms with Gasteiger partial charge in [0, 0.05) is 30.3 Å². The molecule has 3 heterocycles. The van der Waals surface area contributed by atoms with Crippen molar-refractivity contribution in [3.05, 3.63) is 95.1 Å². The normalized spacial score (nSPS) is 15.8. The molecule has 42 heavy (non-hydrogen) atoms. The molecule has 1 fully saturated rings. The fraction of sp³-hybridized carbons (Fsp3) is 0.250. The number of fused-ring (bicyclic) bond motifs is 2. The van der Waals surface area contributed by atoms with E-state index in [0.717, 1.165) is 31.7 Å². The molecule has 10 heteroatoms. The lowest BCUT2D eigenvalue weighted by Gasteiger charge is -2.19. The minimum Gasteiger partial charge on any atom is -0.493 e. The molecule has 6 rings (SSSR count). The van der Waals surface area contributed by atoms with Gasteiger partial charge in [-0.2, -0.15) is 12.7 Å². The summed E-state index contributed by atoms with van der Waals surface area (Å²) in [6.45, 7) is 4.77. The van der Waals surface area contributed by atoms with Crippen LogP contribution in [-0.2, 0) is 16.6 Å². The van der Waals surface area contributed by atoms with Crippen molar-refractivity contribution in [2.45, 2.75) is 32.7 Å². The first kappa shape index (κ1) is 28.3. The Morgan fingerprint density at radius 3 is 2.60 bits per heavy atom. The van der Waals surface area contributed by atoms with Crippen molar-refractivity contribution in [2.24, 2.45) is 5.73 Å². The van der Waals surface area contributed by atoms with Crippen LogP contribution in [0.15, 0.2) is 72.8 Å². The van der Waals surface area contributed by atoms with Gasteiger partial charge in [-0.15, -0.1) is 11.3 Å². The highest BCUT2D eigenvalue weighted by Gasteiger charge is 2.32. The largest absolute Gasteiger partial charge is 0.493 e. The number of amides is 1. The van der Waals surface area contributed by atoms with Crippen molar-refractivity contribution >= 4 is 48.4 Å². The quantitative estimate of drug-likeness (QED) is 0.248. The topological polar surface area (TPSA) is 115 Å². The SMILES string of the molecule is Cc1c(-c2cc(C(=O)NS(=O)(=O)N3CC[C@H](N)C3)c3c(OCCc4ccccc4)ccc(C)c3n2)sc2ccccc12. The standard InChI is InChI=1S/C32H32N4O4S2/c1-20-12-13-27(40-17-15-22-8-4-3-5-9-22)29-25(32(37)35-42(38,39)36-16-14-23(33)19-36)18-26(34-30(20)29)31-21(2)24-10-6-7-11-28(24)41-31/h3-13,18,23H,14-17,19,33H2,1-2H3,(H,35,37)/t23-/m0/s1. The summed E-state index contributed by atoms with van der Waals surface area (Å²) in [6.07, 6.45) is 1.22. The summed E-state index contributed by atoms with van der Waals surface area (Å²) in [5.74, 6) is -0.259. The van der Waals surface area contributed by atoms with Gasteiger partial charge in [0.15, 0.2) is 0 Å². The number of pyridine rings is 1. The Balaban J connectivity index is 1.46. The van der Waals surface area contributed by atoms with E-state index >= 15 is 0 Å². The average Bonchev–Trinajstić information content (AvgIpc) is 3.58.